The maximum Gasteiger partial charge on any atom is -0.0142 e. The molecule has 27 heavy (non-hydrogen) atoms. The smallest absolute Gasteiger partial charge is 0.0142 e. The lowest BCUT2D eigenvalue weighted by molar-refractivity contribution is -0.107. The number of hydrogen-bond acceptors (Lipinski definition) is 0. The molecule has 0 nitrogen and oxygen atoms in total. The van der Waals surface area contributed by atoms with Crippen LogP contribution in [-0.4, -0.2) is 0 Å². The fourth-order valence-corrected chi connectivity index (χ4v) is 8.65. The third kappa shape index (κ3) is 3.36. The Morgan fingerprint density at radius 1 is 0.852 bits per heavy atom. The SMILES string of the molecule is CC(C)CCC[C@@H](C)[C@@H]1C=C[C@@H]2[C@@H]3CC[C@H]4CCCC[C@]4(C)[C@@H]3CC[C@@]21C. The highest BCUT2D eigenvalue weighted by atomic mass is 14.6. The molecule has 0 aliphatic heterocycles. The van der Waals surface area contributed by atoms with Crippen LogP contribution in [0.1, 0.15) is 105 Å². The molecule has 8 atom stereocenters. The van der Waals surface area contributed by atoms with Gasteiger partial charge in [-0.3, -0.25) is 0 Å². The summed E-state index contributed by atoms with van der Waals surface area (Å²) in [6, 6.07) is 0. The first kappa shape index (κ1) is 20.0. The van der Waals surface area contributed by atoms with Crippen LogP contribution in [0.15, 0.2) is 12.2 Å². The zero-order valence-electron chi connectivity index (χ0n) is 19.0. The van der Waals surface area contributed by atoms with E-state index < -0.39 is 0 Å². The maximum atomic E-state index is 2.73. The molecule has 0 bridgehead atoms. The third-order valence-electron chi connectivity index (χ3n) is 10.2. The molecular formula is C27H46. The average Bonchev–Trinajstić information content (AvgIpc) is 2.98. The molecule has 0 radical (unpaired) electrons. The Balaban J connectivity index is 1.47. The summed E-state index contributed by atoms with van der Waals surface area (Å²) >= 11 is 0. The van der Waals surface area contributed by atoms with E-state index in [1.54, 1.807) is 0 Å². The molecule has 0 aromatic carbocycles. The van der Waals surface area contributed by atoms with Crippen molar-refractivity contribution in [2.24, 2.45) is 52.3 Å². The highest BCUT2D eigenvalue weighted by Gasteiger charge is 2.58. The molecular weight excluding hydrogens is 324 g/mol. The van der Waals surface area contributed by atoms with Crippen LogP contribution < -0.4 is 0 Å². The quantitative estimate of drug-likeness (QED) is 0.427. The van der Waals surface area contributed by atoms with Gasteiger partial charge in [-0.15, -0.1) is 0 Å². The van der Waals surface area contributed by atoms with Crippen molar-refractivity contribution in [2.75, 3.05) is 0 Å². The van der Waals surface area contributed by atoms with Gasteiger partial charge in [-0.25, -0.2) is 0 Å². The van der Waals surface area contributed by atoms with Crippen molar-refractivity contribution in [1.29, 1.82) is 0 Å². The van der Waals surface area contributed by atoms with Gasteiger partial charge in [0.1, 0.15) is 0 Å². The van der Waals surface area contributed by atoms with E-state index in [9.17, 15) is 0 Å². The Morgan fingerprint density at radius 3 is 2.44 bits per heavy atom. The number of hydrogen-bond donors (Lipinski definition) is 0. The summed E-state index contributed by atoms with van der Waals surface area (Å²) in [5.74, 6) is 6.52. The van der Waals surface area contributed by atoms with Crippen molar-refractivity contribution < 1.29 is 0 Å². The Hall–Kier alpha value is -0.260. The molecule has 0 aromatic rings. The van der Waals surface area contributed by atoms with Gasteiger partial charge in [0, 0.05) is 0 Å². The van der Waals surface area contributed by atoms with Crippen molar-refractivity contribution >= 4 is 0 Å². The molecule has 0 aromatic heterocycles. The molecule has 154 valence electrons. The van der Waals surface area contributed by atoms with Gasteiger partial charge in [0.2, 0.25) is 0 Å². The minimum Gasteiger partial charge on any atom is -0.0843 e. The molecule has 3 saturated carbocycles. The molecule has 0 heteroatoms. The first-order valence-electron chi connectivity index (χ1n) is 12.5. The number of fused-ring (bicyclic) bond motifs is 5. The van der Waals surface area contributed by atoms with Crippen LogP contribution >= 0.6 is 0 Å². The summed E-state index contributed by atoms with van der Waals surface area (Å²) in [5.41, 5.74) is 1.24. The van der Waals surface area contributed by atoms with Crippen LogP contribution in [0.5, 0.6) is 0 Å². The molecule has 0 saturated heterocycles. The van der Waals surface area contributed by atoms with E-state index in [0.717, 1.165) is 41.4 Å². The third-order valence-corrected chi connectivity index (χ3v) is 10.2. The normalized spacial score (nSPS) is 47.4. The van der Waals surface area contributed by atoms with E-state index in [4.69, 9.17) is 0 Å². The predicted molar refractivity (Wildman–Crippen MR) is 118 cm³/mol. The standard InChI is InChI=1S/C27H46/c1-19(2)9-8-10-20(3)23-14-15-24-22-13-12-21-11-6-7-17-26(21,4)25(22)16-18-27(23,24)5/h14-15,19-25H,6-13,16-18H2,1-5H3/t20-,21-,22+,23+,24-,25-,26+,27-/m1/s1. The van der Waals surface area contributed by atoms with Gasteiger partial charge in [-0.1, -0.05) is 78.9 Å². The van der Waals surface area contributed by atoms with Gasteiger partial charge in [-0.05, 0) is 90.8 Å². The largest absolute Gasteiger partial charge is 0.0843 e. The number of rotatable bonds is 5. The summed E-state index contributed by atoms with van der Waals surface area (Å²) < 4.78 is 0. The minimum atomic E-state index is 0.566. The summed E-state index contributed by atoms with van der Waals surface area (Å²) in [6.07, 6.45) is 21.9. The Bertz CT molecular complexity index is 544. The first-order valence-corrected chi connectivity index (χ1v) is 12.5. The van der Waals surface area contributed by atoms with Gasteiger partial charge < -0.3 is 0 Å². The molecule has 0 N–H and O–H groups in total. The molecule has 0 amide bonds. The van der Waals surface area contributed by atoms with E-state index in [0.29, 0.717) is 10.8 Å². The predicted octanol–water partition coefficient (Wildman–Crippen LogP) is 8.27. The summed E-state index contributed by atoms with van der Waals surface area (Å²) in [5, 5.41) is 0. The van der Waals surface area contributed by atoms with Crippen molar-refractivity contribution in [3.05, 3.63) is 12.2 Å². The Morgan fingerprint density at radius 2 is 1.67 bits per heavy atom. The van der Waals surface area contributed by atoms with Crippen LogP contribution in [0.25, 0.3) is 0 Å². The van der Waals surface area contributed by atoms with E-state index in [1.807, 2.05) is 0 Å². The minimum absolute atomic E-state index is 0.566. The molecule has 4 rings (SSSR count). The molecule has 4 aliphatic carbocycles. The molecule has 0 heterocycles. The fraction of sp³-hybridized carbons (Fsp3) is 0.926. The molecule has 0 unspecified atom stereocenters. The van der Waals surface area contributed by atoms with Gasteiger partial charge >= 0.3 is 0 Å². The summed E-state index contributed by atoms with van der Waals surface area (Å²) in [7, 11) is 0. The lowest BCUT2D eigenvalue weighted by Crippen LogP contribution is -2.53. The number of allylic oxidation sites excluding steroid dienone is 2. The van der Waals surface area contributed by atoms with Gasteiger partial charge in [-0.2, -0.15) is 0 Å². The zero-order valence-corrected chi connectivity index (χ0v) is 19.0. The second-order valence-electron chi connectivity index (χ2n) is 12.1. The van der Waals surface area contributed by atoms with Crippen LogP contribution in [0, 0.1) is 52.3 Å². The fourth-order valence-electron chi connectivity index (χ4n) is 8.65. The molecule has 3 fully saturated rings. The van der Waals surface area contributed by atoms with Crippen molar-refractivity contribution in [2.45, 2.75) is 105 Å². The van der Waals surface area contributed by atoms with Crippen LogP contribution in [0.2, 0.25) is 0 Å². The van der Waals surface area contributed by atoms with E-state index >= 15 is 0 Å². The second kappa shape index (κ2) is 7.53. The van der Waals surface area contributed by atoms with Crippen molar-refractivity contribution in [3.8, 4) is 0 Å². The monoisotopic (exact) mass is 370 g/mol. The van der Waals surface area contributed by atoms with Crippen LogP contribution in [-0.2, 0) is 0 Å². The van der Waals surface area contributed by atoms with Crippen molar-refractivity contribution in [3.63, 3.8) is 0 Å². The Kier molecular flexibility index (Phi) is 5.59. The van der Waals surface area contributed by atoms with E-state index in [-0.39, 0.29) is 0 Å². The average molecular weight is 371 g/mol. The van der Waals surface area contributed by atoms with Gasteiger partial charge in [0.25, 0.3) is 0 Å². The van der Waals surface area contributed by atoms with E-state index in [2.05, 4.69) is 46.8 Å². The summed E-state index contributed by atoms with van der Waals surface area (Å²) in [4.78, 5) is 0. The molecule has 0 spiro atoms. The van der Waals surface area contributed by atoms with Crippen LogP contribution in [0.4, 0.5) is 0 Å². The maximum absolute atomic E-state index is 2.73. The lowest BCUT2D eigenvalue weighted by atomic mass is 9.44. The van der Waals surface area contributed by atoms with Crippen LogP contribution in [0.3, 0.4) is 0 Å². The Labute approximate surface area is 170 Å². The van der Waals surface area contributed by atoms with E-state index in [1.165, 1.54) is 70.6 Å². The van der Waals surface area contributed by atoms with Crippen molar-refractivity contribution in [1.82, 2.24) is 0 Å². The van der Waals surface area contributed by atoms with Gasteiger partial charge in [0.05, 0.1) is 0 Å². The highest BCUT2D eigenvalue weighted by molar-refractivity contribution is 5.19. The highest BCUT2D eigenvalue weighted by Crippen LogP contribution is 2.66. The van der Waals surface area contributed by atoms with Gasteiger partial charge in [0.15, 0.2) is 0 Å². The summed E-state index contributed by atoms with van der Waals surface area (Å²) in [6.45, 7) is 12.7. The topological polar surface area (TPSA) is 0 Å². The lowest BCUT2D eigenvalue weighted by Gasteiger charge is -2.60. The molecule has 4 aliphatic rings. The zero-order chi connectivity index (χ0) is 19.2. The second-order valence-corrected chi connectivity index (χ2v) is 12.1. The first-order chi connectivity index (χ1) is 12.9.